The summed E-state index contributed by atoms with van der Waals surface area (Å²) >= 11 is 0. The van der Waals surface area contributed by atoms with Crippen molar-refractivity contribution < 1.29 is 14.7 Å². The van der Waals surface area contributed by atoms with E-state index in [1.807, 2.05) is 19.0 Å². The second-order valence-corrected chi connectivity index (χ2v) is 5.04. The Bertz CT molecular complexity index is 511. The SMILES string of the molecule is CN(C)CC(=O)N1CCCc2cc(C(=O)O)ccc21. The Morgan fingerprint density at radius 1 is 1.37 bits per heavy atom. The second-order valence-electron chi connectivity index (χ2n) is 5.04. The zero-order chi connectivity index (χ0) is 14.0. The maximum absolute atomic E-state index is 12.2. The number of carbonyl (C=O) groups is 2. The third kappa shape index (κ3) is 2.93. The topological polar surface area (TPSA) is 60.9 Å². The fourth-order valence-electron chi connectivity index (χ4n) is 2.35. The number of likely N-dealkylation sites (N-methyl/N-ethyl adjacent to an activating group) is 1. The molecular formula is C14H18N2O3. The van der Waals surface area contributed by atoms with E-state index in [0.29, 0.717) is 13.1 Å². The van der Waals surface area contributed by atoms with Crippen molar-refractivity contribution in [2.75, 3.05) is 32.1 Å². The molecule has 2 rings (SSSR count). The minimum absolute atomic E-state index is 0.0500. The first-order valence-electron chi connectivity index (χ1n) is 6.30. The number of aromatic carboxylic acids is 1. The van der Waals surface area contributed by atoms with E-state index in [0.717, 1.165) is 24.1 Å². The molecule has 5 heteroatoms. The number of carboxylic acids is 1. The van der Waals surface area contributed by atoms with E-state index in [9.17, 15) is 9.59 Å². The van der Waals surface area contributed by atoms with Gasteiger partial charge in [-0.1, -0.05) is 0 Å². The van der Waals surface area contributed by atoms with Gasteiger partial charge in [-0.15, -0.1) is 0 Å². The molecule has 0 spiro atoms. The van der Waals surface area contributed by atoms with Crippen LogP contribution in [0, 0.1) is 0 Å². The van der Waals surface area contributed by atoms with Gasteiger partial charge in [-0.05, 0) is 50.7 Å². The zero-order valence-electron chi connectivity index (χ0n) is 11.2. The first kappa shape index (κ1) is 13.5. The molecule has 0 fully saturated rings. The molecule has 1 N–H and O–H groups in total. The molecule has 1 aromatic rings. The minimum Gasteiger partial charge on any atom is -0.478 e. The van der Waals surface area contributed by atoms with Gasteiger partial charge in [0.15, 0.2) is 0 Å². The quantitative estimate of drug-likeness (QED) is 0.890. The van der Waals surface area contributed by atoms with Gasteiger partial charge >= 0.3 is 5.97 Å². The molecule has 0 atom stereocenters. The largest absolute Gasteiger partial charge is 0.478 e. The highest BCUT2D eigenvalue weighted by Crippen LogP contribution is 2.28. The third-order valence-electron chi connectivity index (χ3n) is 3.20. The minimum atomic E-state index is -0.931. The molecule has 0 radical (unpaired) electrons. The first-order valence-corrected chi connectivity index (χ1v) is 6.30. The van der Waals surface area contributed by atoms with Crippen LogP contribution in [-0.4, -0.2) is 49.1 Å². The molecule has 0 aliphatic carbocycles. The van der Waals surface area contributed by atoms with Gasteiger partial charge < -0.3 is 14.9 Å². The fraction of sp³-hybridized carbons (Fsp3) is 0.429. The van der Waals surface area contributed by atoms with Gasteiger partial charge in [0.05, 0.1) is 12.1 Å². The lowest BCUT2D eigenvalue weighted by Crippen LogP contribution is -2.40. The number of hydrogen-bond donors (Lipinski definition) is 1. The number of fused-ring (bicyclic) bond motifs is 1. The number of carbonyl (C=O) groups excluding carboxylic acids is 1. The second kappa shape index (κ2) is 5.40. The lowest BCUT2D eigenvalue weighted by molar-refractivity contribution is -0.119. The monoisotopic (exact) mass is 262 g/mol. The number of aryl methyl sites for hydroxylation is 1. The molecular weight excluding hydrogens is 244 g/mol. The molecule has 0 saturated heterocycles. The highest BCUT2D eigenvalue weighted by atomic mass is 16.4. The van der Waals surface area contributed by atoms with Crippen molar-refractivity contribution in [3.8, 4) is 0 Å². The van der Waals surface area contributed by atoms with Crippen LogP contribution in [0.2, 0.25) is 0 Å². The van der Waals surface area contributed by atoms with Crippen molar-refractivity contribution in [3.05, 3.63) is 29.3 Å². The summed E-state index contributed by atoms with van der Waals surface area (Å²) in [4.78, 5) is 26.7. The average molecular weight is 262 g/mol. The molecule has 19 heavy (non-hydrogen) atoms. The predicted molar refractivity (Wildman–Crippen MR) is 72.6 cm³/mol. The van der Waals surface area contributed by atoms with Gasteiger partial charge in [0.2, 0.25) is 5.91 Å². The molecule has 0 aromatic heterocycles. The van der Waals surface area contributed by atoms with E-state index in [1.54, 1.807) is 23.1 Å². The predicted octanol–water partition coefficient (Wildman–Crippen LogP) is 1.23. The summed E-state index contributed by atoms with van der Waals surface area (Å²) < 4.78 is 0. The van der Waals surface area contributed by atoms with E-state index in [2.05, 4.69) is 0 Å². The number of amides is 1. The van der Waals surface area contributed by atoms with E-state index >= 15 is 0 Å². The number of anilines is 1. The van der Waals surface area contributed by atoms with Crippen molar-refractivity contribution >= 4 is 17.6 Å². The molecule has 1 heterocycles. The fourth-order valence-corrected chi connectivity index (χ4v) is 2.35. The van der Waals surface area contributed by atoms with Crippen LogP contribution in [0.3, 0.4) is 0 Å². The van der Waals surface area contributed by atoms with Crippen LogP contribution in [0.25, 0.3) is 0 Å². The van der Waals surface area contributed by atoms with Gasteiger partial charge in [-0.25, -0.2) is 4.79 Å². The van der Waals surface area contributed by atoms with Gasteiger partial charge in [-0.3, -0.25) is 4.79 Å². The Morgan fingerprint density at radius 3 is 2.74 bits per heavy atom. The van der Waals surface area contributed by atoms with Gasteiger partial charge in [0.25, 0.3) is 0 Å². The molecule has 102 valence electrons. The van der Waals surface area contributed by atoms with Crippen LogP contribution < -0.4 is 4.90 Å². The van der Waals surface area contributed by atoms with E-state index < -0.39 is 5.97 Å². The highest BCUT2D eigenvalue weighted by Gasteiger charge is 2.23. The third-order valence-corrected chi connectivity index (χ3v) is 3.20. The summed E-state index contributed by atoms with van der Waals surface area (Å²) in [7, 11) is 3.71. The van der Waals surface area contributed by atoms with Crippen LogP contribution in [0.5, 0.6) is 0 Å². The Morgan fingerprint density at radius 2 is 2.11 bits per heavy atom. The van der Waals surface area contributed by atoms with Crippen LogP contribution in [0.1, 0.15) is 22.3 Å². The lowest BCUT2D eigenvalue weighted by atomic mass is 9.99. The van der Waals surface area contributed by atoms with Crippen molar-refractivity contribution in [1.29, 1.82) is 0 Å². The summed E-state index contributed by atoms with van der Waals surface area (Å²) in [6.07, 6.45) is 1.69. The summed E-state index contributed by atoms with van der Waals surface area (Å²) in [5, 5.41) is 8.99. The molecule has 1 aromatic carbocycles. The number of hydrogen-bond acceptors (Lipinski definition) is 3. The van der Waals surface area contributed by atoms with Crippen molar-refractivity contribution in [3.63, 3.8) is 0 Å². The molecule has 0 saturated carbocycles. The van der Waals surface area contributed by atoms with Crippen molar-refractivity contribution in [2.45, 2.75) is 12.8 Å². The van der Waals surface area contributed by atoms with Crippen LogP contribution >= 0.6 is 0 Å². The molecule has 0 bridgehead atoms. The Balaban J connectivity index is 2.29. The van der Waals surface area contributed by atoms with Crippen LogP contribution in [-0.2, 0) is 11.2 Å². The zero-order valence-corrected chi connectivity index (χ0v) is 11.2. The smallest absolute Gasteiger partial charge is 0.335 e. The number of carboxylic acid groups (broad SMARTS) is 1. The van der Waals surface area contributed by atoms with E-state index in [4.69, 9.17) is 5.11 Å². The average Bonchev–Trinajstić information content (AvgIpc) is 2.36. The Labute approximate surface area is 112 Å². The number of benzene rings is 1. The van der Waals surface area contributed by atoms with Crippen molar-refractivity contribution in [2.24, 2.45) is 0 Å². The molecule has 1 amide bonds. The maximum atomic E-state index is 12.2. The summed E-state index contributed by atoms with van der Waals surface area (Å²) in [5.41, 5.74) is 2.07. The van der Waals surface area contributed by atoms with Crippen molar-refractivity contribution in [1.82, 2.24) is 4.90 Å². The number of rotatable bonds is 3. The number of nitrogens with zero attached hydrogens (tertiary/aromatic N) is 2. The highest BCUT2D eigenvalue weighted by molar-refractivity contribution is 5.97. The summed E-state index contributed by atoms with van der Waals surface area (Å²) in [6, 6.07) is 4.97. The van der Waals surface area contributed by atoms with Gasteiger partial charge in [0.1, 0.15) is 0 Å². The molecule has 1 aliphatic rings. The lowest BCUT2D eigenvalue weighted by Gasteiger charge is -2.30. The van der Waals surface area contributed by atoms with Gasteiger partial charge in [0, 0.05) is 12.2 Å². The Kier molecular flexibility index (Phi) is 3.85. The summed E-state index contributed by atoms with van der Waals surface area (Å²) in [5.74, 6) is -0.881. The van der Waals surface area contributed by atoms with Crippen LogP contribution in [0.4, 0.5) is 5.69 Å². The molecule has 1 aliphatic heterocycles. The normalized spacial score (nSPS) is 14.4. The first-order chi connectivity index (χ1) is 8.99. The van der Waals surface area contributed by atoms with E-state index in [-0.39, 0.29) is 11.5 Å². The van der Waals surface area contributed by atoms with Crippen LogP contribution in [0.15, 0.2) is 18.2 Å². The Hall–Kier alpha value is -1.88. The van der Waals surface area contributed by atoms with E-state index in [1.165, 1.54) is 0 Å². The molecule has 5 nitrogen and oxygen atoms in total. The summed E-state index contributed by atoms with van der Waals surface area (Å²) in [6.45, 7) is 1.06. The van der Waals surface area contributed by atoms with Gasteiger partial charge in [-0.2, -0.15) is 0 Å². The molecule has 0 unspecified atom stereocenters. The standard InChI is InChI=1S/C14H18N2O3/c1-15(2)9-13(17)16-7-3-4-10-8-11(14(18)19)5-6-12(10)16/h5-6,8H,3-4,7,9H2,1-2H3,(H,18,19). The maximum Gasteiger partial charge on any atom is 0.335 e.